The first kappa shape index (κ1) is 18.1. The second kappa shape index (κ2) is 9.92. The van der Waals surface area contributed by atoms with Gasteiger partial charge in [0.05, 0.1) is 0 Å². The second-order valence-corrected chi connectivity index (χ2v) is 5.34. The number of hydrogen-bond acceptors (Lipinski definition) is 2. The molecule has 0 saturated heterocycles. The van der Waals surface area contributed by atoms with E-state index in [4.69, 9.17) is 0 Å². The molecule has 0 heterocycles. The highest BCUT2D eigenvalue weighted by Crippen LogP contribution is 2.10. The Balaban J connectivity index is 2.43. The molecule has 1 aromatic carbocycles. The Morgan fingerprint density at radius 3 is 2.59 bits per heavy atom. The molecule has 0 unspecified atom stereocenters. The maximum Gasteiger partial charge on any atom is 0.221 e. The van der Waals surface area contributed by atoms with Crippen LogP contribution >= 0.6 is 0 Å². The van der Waals surface area contributed by atoms with Gasteiger partial charge in [-0.05, 0) is 12.5 Å². The van der Waals surface area contributed by atoms with Crippen molar-refractivity contribution in [3.8, 4) is 0 Å². The largest absolute Gasteiger partial charge is 0.356 e. The highest BCUT2D eigenvalue weighted by molar-refractivity contribution is 5.78. The highest BCUT2D eigenvalue weighted by atomic mass is 19.1. The van der Waals surface area contributed by atoms with Crippen LogP contribution in [0.4, 0.5) is 4.39 Å². The lowest BCUT2D eigenvalue weighted by atomic mass is 10.2. The molecule has 0 aromatic heterocycles. The van der Waals surface area contributed by atoms with Crippen LogP contribution in [0.25, 0.3) is 0 Å². The van der Waals surface area contributed by atoms with Crippen LogP contribution in [0.1, 0.15) is 45.1 Å². The number of nitrogens with one attached hydrogen (secondary N) is 1. The summed E-state index contributed by atoms with van der Waals surface area (Å²) in [5, 5.41) is 2.84. The summed E-state index contributed by atoms with van der Waals surface area (Å²) in [5.74, 6) is -0.573. The predicted molar refractivity (Wildman–Crippen MR) is 84.6 cm³/mol. The van der Waals surface area contributed by atoms with Gasteiger partial charge in [0.2, 0.25) is 11.8 Å². The van der Waals surface area contributed by atoms with Gasteiger partial charge in [-0.3, -0.25) is 9.59 Å². The molecular formula is C17H25FN2O2. The van der Waals surface area contributed by atoms with E-state index < -0.39 is 0 Å². The SMILES string of the molecule is CCCCCNC(=O)CCN(Cc1ccccc1F)C(C)=O. The molecule has 1 rings (SSSR count). The number of hydrogen-bond donors (Lipinski definition) is 1. The summed E-state index contributed by atoms with van der Waals surface area (Å²) in [6, 6.07) is 6.36. The molecule has 5 heteroatoms. The quantitative estimate of drug-likeness (QED) is 0.713. The number of benzene rings is 1. The normalized spacial score (nSPS) is 10.3. The topological polar surface area (TPSA) is 49.4 Å². The van der Waals surface area contributed by atoms with Gasteiger partial charge < -0.3 is 10.2 Å². The van der Waals surface area contributed by atoms with E-state index in [0.29, 0.717) is 18.7 Å². The molecule has 0 saturated carbocycles. The fourth-order valence-electron chi connectivity index (χ4n) is 2.11. The van der Waals surface area contributed by atoms with E-state index in [0.717, 1.165) is 19.3 Å². The van der Waals surface area contributed by atoms with Crippen LogP contribution in [0.2, 0.25) is 0 Å². The number of halogens is 1. The van der Waals surface area contributed by atoms with Crippen molar-refractivity contribution in [2.45, 2.75) is 46.1 Å². The van der Waals surface area contributed by atoms with Crippen LogP contribution in [0.3, 0.4) is 0 Å². The van der Waals surface area contributed by atoms with Crippen LogP contribution in [-0.2, 0) is 16.1 Å². The molecule has 4 nitrogen and oxygen atoms in total. The van der Waals surface area contributed by atoms with Gasteiger partial charge >= 0.3 is 0 Å². The summed E-state index contributed by atoms with van der Waals surface area (Å²) >= 11 is 0. The summed E-state index contributed by atoms with van der Waals surface area (Å²) in [6.07, 6.45) is 3.40. The van der Waals surface area contributed by atoms with E-state index in [1.807, 2.05) is 0 Å². The van der Waals surface area contributed by atoms with E-state index in [1.54, 1.807) is 18.2 Å². The van der Waals surface area contributed by atoms with Crippen LogP contribution < -0.4 is 5.32 Å². The number of amides is 2. The molecule has 0 aliphatic rings. The zero-order chi connectivity index (χ0) is 16.4. The third-order valence-electron chi connectivity index (χ3n) is 3.48. The van der Waals surface area contributed by atoms with Crippen molar-refractivity contribution in [3.05, 3.63) is 35.6 Å². The molecule has 22 heavy (non-hydrogen) atoms. The number of unbranched alkanes of at least 4 members (excludes halogenated alkanes) is 2. The van der Waals surface area contributed by atoms with Gasteiger partial charge in [0.15, 0.2) is 0 Å². The maximum atomic E-state index is 13.6. The van der Waals surface area contributed by atoms with E-state index in [9.17, 15) is 14.0 Å². The Morgan fingerprint density at radius 2 is 1.95 bits per heavy atom. The molecule has 2 amide bonds. The fourth-order valence-corrected chi connectivity index (χ4v) is 2.11. The molecule has 0 aliphatic carbocycles. The van der Waals surface area contributed by atoms with Crippen LogP contribution in [0.5, 0.6) is 0 Å². The highest BCUT2D eigenvalue weighted by Gasteiger charge is 2.13. The first-order chi connectivity index (χ1) is 10.5. The first-order valence-corrected chi connectivity index (χ1v) is 7.80. The van der Waals surface area contributed by atoms with E-state index in [2.05, 4.69) is 12.2 Å². The summed E-state index contributed by atoms with van der Waals surface area (Å²) in [4.78, 5) is 24.9. The molecule has 0 fully saturated rings. The molecule has 0 spiro atoms. The van der Waals surface area contributed by atoms with Crippen molar-refractivity contribution in [3.63, 3.8) is 0 Å². The second-order valence-electron chi connectivity index (χ2n) is 5.34. The van der Waals surface area contributed by atoms with Gasteiger partial charge in [0.1, 0.15) is 5.82 Å². The Kier molecular flexibility index (Phi) is 8.18. The van der Waals surface area contributed by atoms with Gasteiger partial charge in [0.25, 0.3) is 0 Å². The van der Waals surface area contributed by atoms with Gasteiger partial charge in [0, 0.05) is 38.5 Å². The lowest BCUT2D eigenvalue weighted by Gasteiger charge is -2.21. The minimum absolute atomic E-state index is 0.0733. The summed E-state index contributed by atoms with van der Waals surface area (Å²) < 4.78 is 13.6. The van der Waals surface area contributed by atoms with Crippen molar-refractivity contribution in [2.75, 3.05) is 13.1 Å². The van der Waals surface area contributed by atoms with Gasteiger partial charge in [-0.2, -0.15) is 0 Å². The molecule has 1 aromatic rings. The lowest BCUT2D eigenvalue weighted by Crippen LogP contribution is -2.34. The standard InChI is InChI=1S/C17H25FN2O2/c1-3-4-7-11-19-17(22)10-12-20(14(2)21)13-15-8-5-6-9-16(15)18/h5-6,8-9H,3-4,7,10-13H2,1-2H3,(H,19,22). The Morgan fingerprint density at radius 1 is 1.23 bits per heavy atom. The van der Waals surface area contributed by atoms with Gasteiger partial charge in [-0.15, -0.1) is 0 Å². The molecule has 122 valence electrons. The number of carbonyl (C=O) groups excluding carboxylic acids is 2. The fraction of sp³-hybridized carbons (Fsp3) is 0.529. The zero-order valence-corrected chi connectivity index (χ0v) is 13.4. The first-order valence-electron chi connectivity index (χ1n) is 7.80. The molecule has 0 bridgehead atoms. The van der Waals surface area contributed by atoms with E-state index >= 15 is 0 Å². The maximum absolute atomic E-state index is 13.6. The third kappa shape index (κ3) is 6.70. The van der Waals surface area contributed by atoms with Crippen molar-refractivity contribution < 1.29 is 14.0 Å². The summed E-state index contributed by atoms with van der Waals surface area (Å²) in [5.41, 5.74) is 0.459. The number of rotatable bonds is 9. The Bertz CT molecular complexity index is 491. The number of nitrogens with zero attached hydrogens (tertiary/aromatic N) is 1. The van der Waals surface area contributed by atoms with Gasteiger partial charge in [-0.1, -0.05) is 38.0 Å². The summed E-state index contributed by atoms with van der Waals surface area (Å²) in [6.45, 7) is 4.68. The van der Waals surface area contributed by atoms with Crippen LogP contribution in [-0.4, -0.2) is 29.8 Å². The predicted octanol–water partition coefficient (Wildman–Crippen LogP) is 2.87. The van der Waals surface area contributed by atoms with Crippen molar-refractivity contribution >= 4 is 11.8 Å². The minimum Gasteiger partial charge on any atom is -0.356 e. The Labute approximate surface area is 131 Å². The minimum atomic E-state index is -0.335. The smallest absolute Gasteiger partial charge is 0.221 e. The zero-order valence-electron chi connectivity index (χ0n) is 13.4. The van der Waals surface area contributed by atoms with Crippen molar-refractivity contribution in [2.24, 2.45) is 0 Å². The molecule has 1 N–H and O–H groups in total. The third-order valence-corrected chi connectivity index (χ3v) is 3.48. The van der Waals surface area contributed by atoms with E-state index in [-0.39, 0.29) is 30.6 Å². The average Bonchev–Trinajstić information content (AvgIpc) is 2.49. The monoisotopic (exact) mass is 308 g/mol. The van der Waals surface area contributed by atoms with Crippen molar-refractivity contribution in [1.82, 2.24) is 10.2 Å². The number of carbonyl (C=O) groups is 2. The van der Waals surface area contributed by atoms with Gasteiger partial charge in [-0.25, -0.2) is 4.39 Å². The summed E-state index contributed by atoms with van der Waals surface area (Å²) in [7, 11) is 0. The average molecular weight is 308 g/mol. The molecule has 0 radical (unpaired) electrons. The van der Waals surface area contributed by atoms with Crippen LogP contribution in [0.15, 0.2) is 24.3 Å². The van der Waals surface area contributed by atoms with Crippen molar-refractivity contribution in [1.29, 1.82) is 0 Å². The van der Waals surface area contributed by atoms with Crippen LogP contribution in [0, 0.1) is 5.82 Å². The molecule has 0 atom stereocenters. The lowest BCUT2D eigenvalue weighted by molar-refractivity contribution is -0.130. The van der Waals surface area contributed by atoms with E-state index in [1.165, 1.54) is 17.9 Å². The Hall–Kier alpha value is -1.91. The molecule has 0 aliphatic heterocycles. The molecular weight excluding hydrogens is 283 g/mol.